The maximum absolute atomic E-state index is 12.8. The molecule has 1 aliphatic rings. The van der Waals surface area contributed by atoms with Crippen molar-refractivity contribution in [1.29, 1.82) is 0 Å². The van der Waals surface area contributed by atoms with Gasteiger partial charge in [-0.2, -0.15) is 11.8 Å². The van der Waals surface area contributed by atoms with Gasteiger partial charge in [0.25, 0.3) is 0 Å². The van der Waals surface area contributed by atoms with Crippen molar-refractivity contribution < 1.29 is 24.2 Å². The maximum Gasteiger partial charge on any atom is 0.407 e. The predicted octanol–water partition coefficient (Wildman–Crippen LogP) is 4.26. The van der Waals surface area contributed by atoms with Crippen LogP contribution >= 0.6 is 11.8 Å². The molecule has 2 aromatic carbocycles. The van der Waals surface area contributed by atoms with E-state index in [1.807, 2.05) is 56.5 Å². The number of benzene rings is 2. The number of hydrogen-bond donors (Lipinski definition) is 3. The molecule has 0 spiro atoms. The number of thioether (sulfide) groups is 1. The summed E-state index contributed by atoms with van der Waals surface area (Å²) in [5, 5.41) is 14.7. The number of amides is 2. The molecule has 0 aromatic heterocycles. The van der Waals surface area contributed by atoms with Gasteiger partial charge in [0.2, 0.25) is 5.91 Å². The molecule has 0 fully saturated rings. The van der Waals surface area contributed by atoms with Crippen LogP contribution in [0.3, 0.4) is 0 Å². The standard InChI is InChI=1S/C26H32N2O5S/c1-16(2)14-23(25(30)31)27-24(29)22(12-13-34-3)28-26(32)33-15-21-19-10-6-4-8-17(19)18-9-5-7-11-20(18)21/h4-11,16,21-23H,12-15H2,1-3H3,(H,27,29)(H,28,32)(H,30,31)/t22?,23-/m1/s1. The number of fused-ring (bicyclic) bond motifs is 3. The highest BCUT2D eigenvalue weighted by atomic mass is 32.2. The first-order valence-corrected chi connectivity index (χ1v) is 12.8. The Hall–Kier alpha value is -3.00. The number of aliphatic carboxylic acids is 1. The van der Waals surface area contributed by atoms with E-state index in [0.29, 0.717) is 18.6 Å². The lowest BCUT2D eigenvalue weighted by Crippen LogP contribution is -2.52. The highest BCUT2D eigenvalue weighted by Crippen LogP contribution is 2.44. The lowest BCUT2D eigenvalue weighted by molar-refractivity contribution is -0.142. The molecule has 2 amide bonds. The average Bonchev–Trinajstić information content (AvgIpc) is 3.13. The molecular weight excluding hydrogens is 452 g/mol. The summed E-state index contributed by atoms with van der Waals surface area (Å²) in [4.78, 5) is 37.0. The van der Waals surface area contributed by atoms with Crippen LogP contribution in [0.1, 0.15) is 43.7 Å². The molecule has 0 saturated heterocycles. The fourth-order valence-electron chi connectivity index (χ4n) is 4.25. The van der Waals surface area contributed by atoms with Crippen molar-refractivity contribution in [2.75, 3.05) is 18.6 Å². The second kappa shape index (κ2) is 11.9. The van der Waals surface area contributed by atoms with E-state index in [2.05, 4.69) is 22.8 Å². The normalized spacial score (nSPS) is 14.1. The monoisotopic (exact) mass is 484 g/mol. The van der Waals surface area contributed by atoms with Crippen LogP contribution in [0.5, 0.6) is 0 Å². The molecule has 3 N–H and O–H groups in total. The topological polar surface area (TPSA) is 105 Å². The molecule has 0 aliphatic heterocycles. The van der Waals surface area contributed by atoms with Gasteiger partial charge >= 0.3 is 12.1 Å². The predicted molar refractivity (Wildman–Crippen MR) is 134 cm³/mol. The van der Waals surface area contributed by atoms with E-state index in [0.717, 1.165) is 22.3 Å². The number of carbonyl (C=O) groups is 3. The fraction of sp³-hybridized carbons (Fsp3) is 0.423. The summed E-state index contributed by atoms with van der Waals surface area (Å²) in [6.45, 7) is 3.92. The Balaban J connectivity index is 1.65. The van der Waals surface area contributed by atoms with Crippen LogP contribution < -0.4 is 10.6 Å². The Bertz CT molecular complexity index is 980. The van der Waals surface area contributed by atoms with Gasteiger partial charge in [-0.3, -0.25) is 4.79 Å². The van der Waals surface area contributed by atoms with Crippen LogP contribution in [0.25, 0.3) is 11.1 Å². The molecule has 1 unspecified atom stereocenters. The van der Waals surface area contributed by atoms with Crippen LogP contribution in [0.2, 0.25) is 0 Å². The second-order valence-corrected chi connectivity index (χ2v) is 9.82. The molecule has 0 heterocycles. The molecule has 0 bridgehead atoms. The number of ether oxygens (including phenoxy) is 1. The average molecular weight is 485 g/mol. The van der Waals surface area contributed by atoms with E-state index >= 15 is 0 Å². The minimum atomic E-state index is -1.09. The quantitative estimate of drug-likeness (QED) is 0.440. The molecule has 34 heavy (non-hydrogen) atoms. The summed E-state index contributed by atoms with van der Waals surface area (Å²) >= 11 is 1.54. The lowest BCUT2D eigenvalue weighted by atomic mass is 9.98. The Kier molecular flexibility index (Phi) is 8.98. The zero-order chi connectivity index (χ0) is 24.7. The third-order valence-corrected chi connectivity index (χ3v) is 6.53. The van der Waals surface area contributed by atoms with Gasteiger partial charge in [-0.25, -0.2) is 9.59 Å². The number of hydrogen-bond acceptors (Lipinski definition) is 5. The number of carboxylic acid groups (broad SMARTS) is 1. The highest BCUT2D eigenvalue weighted by molar-refractivity contribution is 7.98. The molecule has 0 saturated carbocycles. The zero-order valence-electron chi connectivity index (χ0n) is 19.7. The van der Waals surface area contributed by atoms with Crippen molar-refractivity contribution in [2.24, 2.45) is 5.92 Å². The van der Waals surface area contributed by atoms with Gasteiger partial charge < -0.3 is 20.5 Å². The minimum Gasteiger partial charge on any atom is -0.480 e. The molecule has 8 heteroatoms. The lowest BCUT2D eigenvalue weighted by Gasteiger charge is -2.22. The molecule has 2 atom stereocenters. The van der Waals surface area contributed by atoms with Crippen LogP contribution in [-0.2, 0) is 14.3 Å². The fourth-order valence-corrected chi connectivity index (χ4v) is 4.72. The van der Waals surface area contributed by atoms with E-state index in [9.17, 15) is 19.5 Å². The van der Waals surface area contributed by atoms with Gasteiger partial charge in [-0.1, -0.05) is 62.4 Å². The molecule has 0 radical (unpaired) electrons. The van der Waals surface area contributed by atoms with Crippen molar-refractivity contribution in [3.8, 4) is 11.1 Å². The summed E-state index contributed by atoms with van der Waals surface area (Å²) in [5.41, 5.74) is 4.47. The van der Waals surface area contributed by atoms with E-state index in [4.69, 9.17) is 4.74 Å². The van der Waals surface area contributed by atoms with Crippen molar-refractivity contribution in [3.05, 3.63) is 59.7 Å². The summed E-state index contributed by atoms with van der Waals surface area (Å²) in [5.74, 6) is -0.966. The Morgan fingerprint density at radius 3 is 2.09 bits per heavy atom. The molecule has 2 aromatic rings. The molecular formula is C26H32N2O5S. The van der Waals surface area contributed by atoms with Crippen LogP contribution in [-0.4, -0.2) is 53.8 Å². The third kappa shape index (κ3) is 6.32. The molecule has 3 rings (SSSR count). The van der Waals surface area contributed by atoms with Gasteiger partial charge in [0.1, 0.15) is 18.7 Å². The molecule has 182 valence electrons. The first-order chi connectivity index (χ1) is 16.3. The number of carbonyl (C=O) groups excluding carboxylic acids is 2. The van der Waals surface area contributed by atoms with Gasteiger partial charge in [-0.15, -0.1) is 0 Å². The van der Waals surface area contributed by atoms with Gasteiger partial charge in [0.05, 0.1) is 0 Å². The largest absolute Gasteiger partial charge is 0.480 e. The summed E-state index contributed by atoms with van der Waals surface area (Å²) in [6.07, 6.45) is 1.88. The van der Waals surface area contributed by atoms with E-state index < -0.39 is 30.1 Å². The van der Waals surface area contributed by atoms with Gasteiger partial charge in [-0.05, 0) is 53.0 Å². The van der Waals surface area contributed by atoms with E-state index in [1.165, 1.54) is 0 Å². The Labute approximate surface area is 204 Å². The van der Waals surface area contributed by atoms with Crippen molar-refractivity contribution in [1.82, 2.24) is 10.6 Å². The van der Waals surface area contributed by atoms with Gasteiger partial charge in [0.15, 0.2) is 0 Å². The Morgan fingerprint density at radius 1 is 0.971 bits per heavy atom. The number of alkyl carbamates (subject to hydrolysis) is 1. The van der Waals surface area contributed by atoms with E-state index in [1.54, 1.807) is 11.8 Å². The number of rotatable bonds is 11. The first-order valence-electron chi connectivity index (χ1n) is 11.5. The molecule has 7 nitrogen and oxygen atoms in total. The SMILES string of the molecule is CSCCC(NC(=O)OCC1c2ccccc2-c2ccccc21)C(=O)N[C@H](CC(C)C)C(=O)O. The number of nitrogens with one attached hydrogen (secondary N) is 2. The smallest absolute Gasteiger partial charge is 0.407 e. The second-order valence-electron chi connectivity index (χ2n) is 8.83. The Morgan fingerprint density at radius 2 is 1.56 bits per heavy atom. The van der Waals surface area contributed by atoms with Crippen LogP contribution in [0.15, 0.2) is 48.5 Å². The molecule has 1 aliphatic carbocycles. The summed E-state index contributed by atoms with van der Waals surface area (Å²) < 4.78 is 5.56. The van der Waals surface area contributed by atoms with Crippen LogP contribution in [0.4, 0.5) is 4.79 Å². The maximum atomic E-state index is 12.8. The van der Waals surface area contributed by atoms with Gasteiger partial charge in [0, 0.05) is 5.92 Å². The zero-order valence-corrected chi connectivity index (χ0v) is 20.6. The number of carboxylic acids is 1. The van der Waals surface area contributed by atoms with Crippen molar-refractivity contribution >= 4 is 29.7 Å². The summed E-state index contributed by atoms with van der Waals surface area (Å²) in [6, 6.07) is 14.2. The summed E-state index contributed by atoms with van der Waals surface area (Å²) in [7, 11) is 0. The van der Waals surface area contributed by atoms with Crippen molar-refractivity contribution in [2.45, 2.75) is 44.7 Å². The highest BCUT2D eigenvalue weighted by Gasteiger charge is 2.30. The van der Waals surface area contributed by atoms with Crippen molar-refractivity contribution in [3.63, 3.8) is 0 Å². The minimum absolute atomic E-state index is 0.0842. The van der Waals surface area contributed by atoms with E-state index in [-0.39, 0.29) is 18.4 Å². The third-order valence-electron chi connectivity index (χ3n) is 5.88. The van der Waals surface area contributed by atoms with Crippen LogP contribution in [0, 0.1) is 5.92 Å². The first kappa shape index (κ1) is 25.6.